The summed E-state index contributed by atoms with van der Waals surface area (Å²) in [4.78, 5) is 37.3. The van der Waals surface area contributed by atoms with Gasteiger partial charge in [-0.15, -0.1) is 0 Å². The Kier molecular flexibility index (Phi) is 5.31. The molecule has 1 aromatic rings. The molecule has 0 bridgehead atoms. The molecule has 1 atom stereocenters. The summed E-state index contributed by atoms with van der Waals surface area (Å²) in [5.74, 6) is -1.21. The average Bonchev–Trinajstić information content (AvgIpc) is 2.70. The number of imide groups is 1. The largest absolute Gasteiger partial charge is 0.353 e. The van der Waals surface area contributed by atoms with Crippen molar-refractivity contribution >= 4 is 33.7 Å². The molecule has 0 spiro atoms. The van der Waals surface area contributed by atoms with Crippen molar-refractivity contribution < 1.29 is 14.4 Å². The van der Waals surface area contributed by atoms with Crippen molar-refractivity contribution in [2.45, 2.75) is 19.9 Å². The highest BCUT2D eigenvalue weighted by atomic mass is 79.9. The lowest BCUT2D eigenvalue weighted by molar-refractivity contribution is -0.121. The predicted octanol–water partition coefficient (Wildman–Crippen LogP) is 1.16. The van der Waals surface area contributed by atoms with Crippen LogP contribution in [-0.2, 0) is 4.79 Å². The number of carbonyl (C=O) groups excluding carboxylic acids is 3. The summed E-state index contributed by atoms with van der Waals surface area (Å²) in [7, 11) is 0. The Bertz CT molecular complexity index is 618. The van der Waals surface area contributed by atoms with E-state index in [1.165, 1.54) is 0 Å². The van der Waals surface area contributed by atoms with Crippen LogP contribution in [0.1, 0.15) is 34.6 Å². The molecule has 1 aromatic carbocycles. The number of hydrogen-bond donors (Lipinski definition) is 2. The molecule has 0 saturated heterocycles. The summed E-state index contributed by atoms with van der Waals surface area (Å²) in [6.07, 6.45) is 0. The van der Waals surface area contributed by atoms with E-state index < -0.39 is 11.8 Å². The minimum Gasteiger partial charge on any atom is -0.353 e. The maximum atomic E-state index is 12.2. The van der Waals surface area contributed by atoms with Gasteiger partial charge in [-0.05, 0) is 31.7 Å². The van der Waals surface area contributed by atoms with E-state index in [0.29, 0.717) is 17.7 Å². The standard InChI is InChI=1S/C15H18BrN3O3/c1-3-17-9(2)7-18-13(20)8-19-14(21)11-5-4-10(16)6-12(11)15(19)22/h4-6,9,17H,3,7-8H2,1-2H3,(H,18,20)/t9-/m1/s1. The van der Waals surface area contributed by atoms with Crippen molar-refractivity contribution in [2.75, 3.05) is 19.6 Å². The number of rotatable bonds is 6. The van der Waals surface area contributed by atoms with Gasteiger partial charge in [0.05, 0.1) is 11.1 Å². The third kappa shape index (κ3) is 3.53. The van der Waals surface area contributed by atoms with E-state index in [1.807, 2.05) is 13.8 Å². The minimum absolute atomic E-state index is 0.132. The van der Waals surface area contributed by atoms with Crippen LogP contribution in [0.3, 0.4) is 0 Å². The van der Waals surface area contributed by atoms with Crippen LogP contribution >= 0.6 is 15.9 Å². The molecule has 22 heavy (non-hydrogen) atoms. The zero-order chi connectivity index (χ0) is 16.3. The van der Waals surface area contributed by atoms with Crippen molar-refractivity contribution in [1.82, 2.24) is 15.5 Å². The lowest BCUT2D eigenvalue weighted by atomic mass is 10.1. The van der Waals surface area contributed by atoms with E-state index in [2.05, 4.69) is 26.6 Å². The first-order valence-electron chi connectivity index (χ1n) is 7.09. The maximum Gasteiger partial charge on any atom is 0.262 e. The van der Waals surface area contributed by atoms with Crippen molar-refractivity contribution in [1.29, 1.82) is 0 Å². The Morgan fingerprint density at radius 1 is 1.27 bits per heavy atom. The van der Waals surface area contributed by atoms with Crippen LogP contribution in [0.5, 0.6) is 0 Å². The van der Waals surface area contributed by atoms with Crippen molar-refractivity contribution in [3.63, 3.8) is 0 Å². The fourth-order valence-electron chi connectivity index (χ4n) is 2.29. The van der Waals surface area contributed by atoms with Gasteiger partial charge in [0.15, 0.2) is 0 Å². The molecule has 7 heteroatoms. The van der Waals surface area contributed by atoms with Gasteiger partial charge in [0.1, 0.15) is 6.54 Å². The van der Waals surface area contributed by atoms with Crippen LogP contribution in [-0.4, -0.2) is 48.3 Å². The monoisotopic (exact) mass is 367 g/mol. The van der Waals surface area contributed by atoms with E-state index in [0.717, 1.165) is 15.9 Å². The molecule has 6 nitrogen and oxygen atoms in total. The molecule has 118 valence electrons. The molecule has 1 heterocycles. The third-order valence-electron chi connectivity index (χ3n) is 3.39. The molecule has 0 saturated carbocycles. The summed E-state index contributed by atoms with van der Waals surface area (Å²) in [6, 6.07) is 5.02. The number of benzene rings is 1. The summed E-state index contributed by atoms with van der Waals surface area (Å²) in [5, 5.41) is 5.88. The van der Waals surface area contributed by atoms with Crippen LogP contribution in [0, 0.1) is 0 Å². The van der Waals surface area contributed by atoms with Crippen LogP contribution < -0.4 is 10.6 Å². The first-order valence-corrected chi connectivity index (χ1v) is 7.89. The molecule has 2 rings (SSSR count). The number of nitrogens with zero attached hydrogens (tertiary/aromatic N) is 1. The summed E-state index contributed by atoms with van der Waals surface area (Å²) < 4.78 is 0.721. The van der Waals surface area contributed by atoms with Gasteiger partial charge < -0.3 is 10.6 Å². The second kappa shape index (κ2) is 7.02. The Morgan fingerprint density at radius 3 is 2.64 bits per heavy atom. The second-order valence-corrected chi connectivity index (χ2v) is 6.06. The van der Waals surface area contributed by atoms with E-state index in [-0.39, 0.29) is 18.5 Å². The lowest BCUT2D eigenvalue weighted by Crippen LogP contribution is -2.44. The Hall–Kier alpha value is -1.73. The molecule has 3 amide bonds. The van der Waals surface area contributed by atoms with Gasteiger partial charge in [-0.3, -0.25) is 19.3 Å². The maximum absolute atomic E-state index is 12.2. The molecule has 0 radical (unpaired) electrons. The van der Waals surface area contributed by atoms with Crippen molar-refractivity contribution in [3.05, 3.63) is 33.8 Å². The Labute approximate surface area is 137 Å². The molecule has 1 aliphatic heterocycles. The quantitative estimate of drug-likeness (QED) is 0.739. The lowest BCUT2D eigenvalue weighted by Gasteiger charge is -2.16. The van der Waals surface area contributed by atoms with Crippen molar-refractivity contribution in [2.24, 2.45) is 0 Å². The van der Waals surface area contributed by atoms with Crippen molar-refractivity contribution in [3.8, 4) is 0 Å². The van der Waals surface area contributed by atoms with Crippen LogP contribution in [0.4, 0.5) is 0 Å². The first-order chi connectivity index (χ1) is 10.4. The zero-order valence-electron chi connectivity index (χ0n) is 12.5. The fraction of sp³-hybridized carbons (Fsp3) is 0.400. The number of nitrogens with one attached hydrogen (secondary N) is 2. The first kappa shape index (κ1) is 16.6. The van der Waals surface area contributed by atoms with E-state index >= 15 is 0 Å². The van der Waals surface area contributed by atoms with Crippen LogP contribution in [0.25, 0.3) is 0 Å². The molecule has 0 fully saturated rings. The molecule has 0 aliphatic carbocycles. The molecular formula is C15H18BrN3O3. The molecule has 0 aromatic heterocycles. The third-order valence-corrected chi connectivity index (χ3v) is 3.89. The Balaban J connectivity index is 1.98. The smallest absolute Gasteiger partial charge is 0.262 e. The van der Waals surface area contributed by atoms with Gasteiger partial charge in [-0.25, -0.2) is 0 Å². The number of fused-ring (bicyclic) bond motifs is 1. The van der Waals surface area contributed by atoms with Gasteiger partial charge >= 0.3 is 0 Å². The van der Waals surface area contributed by atoms with Gasteiger partial charge in [-0.1, -0.05) is 22.9 Å². The number of hydrogen-bond acceptors (Lipinski definition) is 4. The Morgan fingerprint density at radius 2 is 1.95 bits per heavy atom. The van der Waals surface area contributed by atoms with Crippen LogP contribution in [0.2, 0.25) is 0 Å². The number of carbonyl (C=O) groups is 3. The number of halogens is 1. The fourth-order valence-corrected chi connectivity index (χ4v) is 2.65. The molecule has 1 aliphatic rings. The number of likely N-dealkylation sites (N-methyl/N-ethyl adjacent to an activating group) is 1. The molecule has 2 N–H and O–H groups in total. The molecular weight excluding hydrogens is 350 g/mol. The average molecular weight is 368 g/mol. The number of amides is 3. The highest BCUT2D eigenvalue weighted by molar-refractivity contribution is 9.10. The van der Waals surface area contributed by atoms with Gasteiger partial charge in [0.2, 0.25) is 5.91 Å². The summed E-state index contributed by atoms with van der Waals surface area (Å²) in [5.41, 5.74) is 0.662. The topological polar surface area (TPSA) is 78.5 Å². The van der Waals surface area contributed by atoms with Gasteiger partial charge in [0, 0.05) is 17.1 Å². The van der Waals surface area contributed by atoms with Gasteiger partial charge in [0.25, 0.3) is 11.8 Å². The predicted molar refractivity (Wildman–Crippen MR) is 85.7 cm³/mol. The highest BCUT2D eigenvalue weighted by Gasteiger charge is 2.36. The molecule has 0 unspecified atom stereocenters. The van der Waals surface area contributed by atoms with Crippen LogP contribution in [0.15, 0.2) is 22.7 Å². The van der Waals surface area contributed by atoms with E-state index in [1.54, 1.807) is 18.2 Å². The normalized spacial score (nSPS) is 15.0. The minimum atomic E-state index is -0.434. The SMILES string of the molecule is CCN[C@H](C)CNC(=O)CN1C(=O)c2ccc(Br)cc2C1=O. The zero-order valence-corrected chi connectivity index (χ0v) is 14.1. The summed E-state index contributed by atoms with van der Waals surface area (Å²) in [6.45, 7) is 4.92. The van der Waals surface area contributed by atoms with Gasteiger partial charge in [-0.2, -0.15) is 0 Å². The highest BCUT2D eigenvalue weighted by Crippen LogP contribution is 2.25. The second-order valence-electron chi connectivity index (χ2n) is 5.15. The summed E-state index contributed by atoms with van der Waals surface area (Å²) >= 11 is 3.27. The van der Waals surface area contributed by atoms with E-state index in [4.69, 9.17) is 0 Å². The van der Waals surface area contributed by atoms with E-state index in [9.17, 15) is 14.4 Å².